The van der Waals surface area contributed by atoms with E-state index in [4.69, 9.17) is 16.3 Å². The Kier molecular flexibility index (Phi) is 5.80. The van der Waals surface area contributed by atoms with Gasteiger partial charge < -0.3 is 9.64 Å². The zero-order valence-corrected chi connectivity index (χ0v) is 19.2. The molecule has 0 radical (unpaired) electrons. The van der Waals surface area contributed by atoms with Crippen molar-refractivity contribution in [3.63, 3.8) is 0 Å². The Morgan fingerprint density at radius 2 is 1.77 bits per heavy atom. The quantitative estimate of drug-likeness (QED) is 0.463. The zero-order valence-electron chi connectivity index (χ0n) is 18.4. The maximum absolute atomic E-state index is 13.4. The van der Waals surface area contributed by atoms with E-state index >= 15 is 0 Å². The van der Waals surface area contributed by atoms with Gasteiger partial charge >= 0.3 is 0 Å². The number of aromatic amines is 1. The average Bonchev–Trinajstić information content (AvgIpc) is 3.28. The first-order valence-corrected chi connectivity index (χ1v) is 11.1. The number of hydrogen-bond acceptors (Lipinski definition) is 3. The molecule has 0 saturated heterocycles. The van der Waals surface area contributed by atoms with E-state index in [1.54, 1.807) is 0 Å². The van der Waals surface area contributed by atoms with Crippen LogP contribution in [0.2, 0.25) is 5.02 Å². The minimum atomic E-state index is -0.366. The Bertz CT molecular complexity index is 1070. The van der Waals surface area contributed by atoms with Crippen molar-refractivity contribution in [1.82, 2.24) is 15.1 Å². The molecule has 0 spiro atoms. The largest absolute Gasteiger partial charge is 0.494 e. The minimum Gasteiger partial charge on any atom is -0.494 e. The number of nitrogens with one attached hydrogen (secondary N) is 1. The van der Waals surface area contributed by atoms with Crippen molar-refractivity contribution >= 4 is 17.5 Å². The third-order valence-corrected chi connectivity index (χ3v) is 5.82. The van der Waals surface area contributed by atoms with E-state index in [1.165, 1.54) is 0 Å². The van der Waals surface area contributed by atoms with Crippen molar-refractivity contribution in [1.29, 1.82) is 0 Å². The van der Waals surface area contributed by atoms with Crippen LogP contribution in [0.5, 0.6) is 5.75 Å². The van der Waals surface area contributed by atoms with Gasteiger partial charge in [0.2, 0.25) is 0 Å². The van der Waals surface area contributed by atoms with Gasteiger partial charge in [-0.15, -0.1) is 0 Å². The van der Waals surface area contributed by atoms with Gasteiger partial charge in [0, 0.05) is 21.7 Å². The van der Waals surface area contributed by atoms with Crippen LogP contribution in [0.3, 0.4) is 0 Å². The van der Waals surface area contributed by atoms with Crippen LogP contribution in [0, 0.1) is 0 Å². The number of halogens is 1. The fourth-order valence-electron chi connectivity index (χ4n) is 4.06. The number of fused-ring (bicyclic) bond motifs is 1. The number of carbonyl (C=O) groups is 1. The van der Waals surface area contributed by atoms with Crippen molar-refractivity contribution < 1.29 is 9.53 Å². The van der Waals surface area contributed by atoms with Crippen LogP contribution in [0.1, 0.15) is 68.2 Å². The molecule has 1 aliphatic rings. The molecular formula is C25H28ClN3O2. The van der Waals surface area contributed by atoms with Crippen LogP contribution in [0.25, 0.3) is 11.3 Å². The molecule has 31 heavy (non-hydrogen) atoms. The third kappa shape index (κ3) is 4.07. The van der Waals surface area contributed by atoms with Gasteiger partial charge in [0.15, 0.2) is 0 Å². The summed E-state index contributed by atoms with van der Waals surface area (Å²) in [7, 11) is 0. The highest BCUT2D eigenvalue weighted by Gasteiger charge is 2.46. The molecule has 1 atom stereocenters. The SMILES string of the molecule is CCCCOc1ccc(C2c3c(-c4ccc(Cl)cc4)n[nH]c3C(=O)N2C(C)(C)C)cc1. The number of unbranched alkanes of at least 4 members (excludes halogenated alkanes) is 1. The second-order valence-corrected chi connectivity index (χ2v) is 9.32. The van der Waals surface area contributed by atoms with Gasteiger partial charge in [-0.05, 0) is 57.0 Å². The number of benzene rings is 2. The van der Waals surface area contributed by atoms with Gasteiger partial charge in [0.1, 0.15) is 11.4 Å². The van der Waals surface area contributed by atoms with E-state index < -0.39 is 0 Å². The molecule has 3 aromatic rings. The molecule has 1 unspecified atom stereocenters. The molecule has 1 amide bonds. The molecule has 0 fully saturated rings. The first kappa shape index (κ1) is 21.4. The number of amides is 1. The topological polar surface area (TPSA) is 58.2 Å². The molecule has 0 saturated carbocycles. The van der Waals surface area contributed by atoms with E-state index in [2.05, 4.69) is 37.9 Å². The van der Waals surface area contributed by atoms with Gasteiger partial charge in [-0.1, -0.05) is 49.2 Å². The van der Waals surface area contributed by atoms with E-state index in [0.29, 0.717) is 17.3 Å². The minimum absolute atomic E-state index is 0.0384. The maximum Gasteiger partial charge on any atom is 0.273 e. The molecule has 6 heteroatoms. The van der Waals surface area contributed by atoms with Crippen LogP contribution in [-0.2, 0) is 0 Å². The Hall–Kier alpha value is -2.79. The van der Waals surface area contributed by atoms with Gasteiger partial charge in [-0.25, -0.2) is 0 Å². The highest BCUT2D eigenvalue weighted by molar-refractivity contribution is 6.30. The normalized spacial score (nSPS) is 16.0. The molecule has 162 valence electrons. The number of rotatable bonds is 6. The molecular weight excluding hydrogens is 410 g/mol. The van der Waals surface area contributed by atoms with E-state index in [9.17, 15) is 4.79 Å². The van der Waals surface area contributed by atoms with Crippen LogP contribution in [0.4, 0.5) is 0 Å². The first-order chi connectivity index (χ1) is 14.8. The summed E-state index contributed by atoms with van der Waals surface area (Å²) in [5.41, 5.74) is 3.82. The fourth-order valence-corrected chi connectivity index (χ4v) is 4.19. The summed E-state index contributed by atoms with van der Waals surface area (Å²) < 4.78 is 5.83. The highest BCUT2D eigenvalue weighted by Crippen LogP contribution is 2.46. The Morgan fingerprint density at radius 1 is 1.10 bits per heavy atom. The predicted octanol–water partition coefficient (Wildman–Crippen LogP) is 6.25. The first-order valence-electron chi connectivity index (χ1n) is 10.7. The summed E-state index contributed by atoms with van der Waals surface area (Å²) in [6.45, 7) is 9.02. The molecule has 1 N–H and O–H groups in total. The van der Waals surface area contributed by atoms with Crippen LogP contribution in [-0.4, -0.2) is 33.2 Å². The van der Waals surface area contributed by atoms with E-state index in [1.807, 2.05) is 53.4 Å². The van der Waals surface area contributed by atoms with E-state index in [0.717, 1.165) is 41.0 Å². The van der Waals surface area contributed by atoms with Crippen LogP contribution < -0.4 is 4.74 Å². The van der Waals surface area contributed by atoms with Crippen LogP contribution in [0.15, 0.2) is 48.5 Å². The predicted molar refractivity (Wildman–Crippen MR) is 124 cm³/mol. The lowest BCUT2D eigenvalue weighted by molar-refractivity contribution is 0.0546. The van der Waals surface area contributed by atoms with Crippen molar-refractivity contribution in [3.8, 4) is 17.0 Å². The molecule has 2 heterocycles. The lowest BCUT2D eigenvalue weighted by Crippen LogP contribution is -2.44. The number of hydrogen-bond donors (Lipinski definition) is 1. The molecule has 1 aromatic heterocycles. The number of carbonyl (C=O) groups excluding carboxylic acids is 1. The molecule has 0 bridgehead atoms. The fraction of sp³-hybridized carbons (Fsp3) is 0.360. The summed E-state index contributed by atoms with van der Waals surface area (Å²) in [5.74, 6) is 0.803. The monoisotopic (exact) mass is 437 g/mol. The number of ether oxygens (including phenoxy) is 1. The smallest absolute Gasteiger partial charge is 0.273 e. The second kappa shape index (κ2) is 8.39. The molecule has 2 aromatic carbocycles. The molecule has 5 nitrogen and oxygen atoms in total. The Balaban J connectivity index is 1.77. The average molecular weight is 438 g/mol. The third-order valence-electron chi connectivity index (χ3n) is 5.57. The molecule has 1 aliphatic heterocycles. The van der Waals surface area contributed by atoms with Crippen molar-refractivity contribution in [3.05, 3.63) is 70.4 Å². The van der Waals surface area contributed by atoms with Gasteiger partial charge in [0.05, 0.1) is 18.3 Å². The van der Waals surface area contributed by atoms with Gasteiger partial charge in [-0.2, -0.15) is 5.10 Å². The summed E-state index contributed by atoms with van der Waals surface area (Å²) in [6, 6.07) is 15.4. The number of aromatic nitrogens is 2. The van der Waals surface area contributed by atoms with Crippen LogP contribution >= 0.6 is 11.6 Å². The number of H-pyrrole nitrogens is 1. The standard InChI is InChI=1S/C25H28ClN3O2/c1-5-6-15-31-19-13-9-17(10-14-19)23-20-21(16-7-11-18(26)12-8-16)27-28-22(20)24(30)29(23)25(2,3)4/h7-14,23H,5-6,15H2,1-4H3,(H,27,28). The summed E-state index contributed by atoms with van der Waals surface area (Å²) >= 11 is 6.08. The van der Waals surface area contributed by atoms with Gasteiger partial charge in [0.25, 0.3) is 5.91 Å². The van der Waals surface area contributed by atoms with Crippen molar-refractivity contribution in [2.75, 3.05) is 6.61 Å². The van der Waals surface area contributed by atoms with Gasteiger partial charge in [-0.3, -0.25) is 9.89 Å². The lowest BCUT2D eigenvalue weighted by atomic mass is 9.93. The Labute approximate surface area is 188 Å². The molecule has 0 aliphatic carbocycles. The lowest BCUT2D eigenvalue weighted by Gasteiger charge is -2.37. The summed E-state index contributed by atoms with van der Waals surface area (Å²) in [5, 5.41) is 8.17. The Morgan fingerprint density at radius 3 is 2.39 bits per heavy atom. The van der Waals surface area contributed by atoms with Crippen molar-refractivity contribution in [2.24, 2.45) is 0 Å². The summed E-state index contributed by atoms with van der Waals surface area (Å²) in [6.07, 6.45) is 2.12. The summed E-state index contributed by atoms with van der Waals surface area (Å²) in [4.78, 5) is 15.3. The molecule has 4 rings (SSSR count). The van der Waals surface area contributed by atoms with E-state index in [-0.39, 0.29) is 17.5 Å². The number of nitrogens with zero attached hydrogens (tertiary/aromatic N) is 2. The maximum atomic E-state index is 13.4. The van der Waals surface area contributed by atoms with Crippen molar-refractivity contribution in [2.45, 2.75) is 52.1 Å². The zero-order chi connectivity index (χ0) is 22.2. The highest BCUT2D eigenvalue weighted by atomic mass is 35.5. The second-order valence-electron chi connectivity index (χ2n) is 8.89.